The first-order chi connectivity index (χ1) is 13.4. The van der Waals surface area contributed by atoms with Crippen molar-refractivity contribution in [1.82, 2.24) is 0 Å². The van der Waals surface area contributed by atoms with Crippen LogP contribution in [0.4, 0.5) is 11.4 Å². The molecule has 0 atom stereocenters. The first-order valence-electron chi connectivity index (χ1n) is 8.93. The SMILES string of the molecule is CC(C)C(=O)Nc1ccc(NC(=O)/C=C/C2=Cc3cc(Cl)ccc3OC2)cc1. The number of ether oxygens (including phenoxy) is 1. The maximum Gasteiger partial charge on any atom is 0.248 e. The number of anilines is 2. The summed E-state index contributed by atoms with van der Waals surface area (Å²) in [6.07, 6.45) is 5.12. The molecule has 2 aromatic carbocycles. The minimum Gasteiger partial charge on any atom is -0.488 e. The second-order valence-corrected chi connectivity index (χ2v) is 7.17. The third kappa shape index (κ3) is 5.24. The van der Waals surface area contributed by atoms with Crippen LogP contribution in [0.25, 0.3) is 6.08 Å². The average Bonchev–Trinajstić information content (AvgIpc) is 2.67. The van der Waals surface area contributed by atoms with Crippen molar-refractivity contribution in [3.05, 3.63) is 70.8 Å². The lowest BCUT2D eigenvalue weighted by molar-refractivity contribution is -0.119. The number of carbonyl (C=O) groups is 2. The van der Waals surface area contributed by atoms with Crippen molar-refractivity contribution in [2.75, 3.05) is 17.2 Å². The first-order valence-corrected chi connectivity index (χ1v) is 9.31. The van der Waals surface area contributed by atoms with Gasteiger partial charge in [-0.25, -0.2) is 0 Å². The number of amides is 2. The van der Waals surface area contributed by atoms with E-state index in [1.807, 2.05) is 32.1 Å². The molecule has 2 N–H and O–H groups in total. The van der Waals surface area contributed by atoms with Crippen molar-refractivity contribution in [2.45, 2.75) is 13.8 Å². The molecule has 5 nitrogen and oxygen atoms in total. The fourth-order valence-corrected chi connectivity index (χ4v) is 2.73. The Bertz CT molecular complexity index is 947. The van der Waals surface area contributed by atoms with Crippen molar-refractivity contribution in [3.8, 4) is 5.75 Å². The van der Waals surface area contributed by atoms with E-state index in [2.05, 4.69) is 10.6 Å². The van der Waals surface area contributed by atoms with Gasteiger partial charge in [0.1, 0.15) is 12.4 Å². The lowest BCUT2D eigenvalue weighted by Gasteiger charge is -2.16. The Morgan fingerprint density at radius 2 is 1.75 bits per heavy atom. The molecule has 1 aliphatic rings. The van der Waals surface area contributed by atoms with Crippen LogP contribution in [0.3, 0.4) is 0 Å². The number of hydrogen-bond acceptors (Lipinski definition) is 3. The van der Waals surface area contributed by atoms with Crippen molar-refractivity contribution in [1.29, 1.82) is 0 Å². The normalized spacial score (nSPS) is 12.9. The predicted molar refractivity (Wildman–Crippen MR) is 113 cm³/mol. The maximum absolute atomic E-state index is 12.2. The number of halogens is 1. The molecule has 6 heteroatoms. The van der Waals surface area contributed by atoms with Crippen LogP contribution in [0.1, 0.15) is 19.4 Å². The molecule has 2 aromatic rings. The number of hydrogen-bond donors (Lipinski definition) is 2. The topological polar surface area (TPSA) is 67.4 Å². The van der Waals surface area contributed by atoms with Crippen LogP contribution in [0.5, 0.6) is 5.75 Å². The maximum atomic E-state index is 12.2. The van der Waals surface area contributed by atoms with E-state index in [0.29, 0.717) is 23.0 Å². The molecule has 0 saturated heterocycles. The van der Waals surface area contributed by atoms with Crippen molar-refractivity contribution >= 4 is 40.9 Å². The second-order valence-electron chi connectivity index (χ2n) is 6.73. The Hall–Kier alpha value is -3.05. The third-order valence-corrected chi connectivity index (χ3v) is 4.34. The van der Waals surface area contributed by atoms with Crippen LogP contribution in [-0.2, 0) is 9.59 Å². The van der Waals surface area contributed by atoms with Crippen LogP contribution < -0.4 is 15.4 Å². The summed E-state index contributed by atoms with van der Waals surface area (Å²) in [7, 11) is 0. The molecular weight excluding hydrogens is 376 g/mol. The molecule has 0 spiro atoms. The minimum atomic E-state index is -0.253. The number of carbonyl (C=O) groups excluding carboxylic acids is 2. The standard InChI is InChI=1S/C22H21ClN2O3/c1-14(2)22(27)25-19-7-5-18(6-8-19)24-21(26)10-3-15-11-16-12-17(23)4-9-20(16)28-13-15/h3-12,14H,13H2,1-2H3,(H,24,26)(H,25,27)/b10-3+. The van der Waals surface area contributed by atoms with E-state index in [4.69, 9.17) is 16.3 Å². The van der Waals surface area contributed by atoms with Crippen LogP contribution >= 0.6 is 11.6 Å². The van der Waals surface area contributed by atoms with Gasteiger partial charge in [-0.05, 0) is 54.1 Å². The first kappa shape index (κ1) is 19.7. The summed E-state index contributed by atoms with van der Waals surface area (Å²) in [5.74, 6) is 0.378. The molecule has 0 aromatic heterocycles. The van der Waals surface area contributed by atoms with Crippen LogP contribution in [0.2, 0.25) is 5.02 Å². The lowest BCUT2D eigenvalue weighted by atomic mass is 10.1. The Morgan fingerprint density at radius 3 is 2.43 bits per heavy atom. The summed E-state index contributed by atoms with van der Waals surface area (Å²) < 4.78 is 5.66. The van der Waals surface area contributed by atoms with Crippen molar-refractivity contribution in [3.63, 3.8) is 0 Å². The Labute approximate surface area is 169 Å². The van der Waals surface area contributed by atoms with E-state index in [9.17, 15) is 9.59 Å². The summed E-state index contributed by atoms with van der Waals surface area (Å²) in [5.41, 5.74) is 3.09. The Balaban J connectivity index is 1.59. The molecule has 3 rings (SSSR count). The molecule has 0 fully saturated rings. The zero-order chi connectivity index (χ0) is 20.1. The molecule has 1 aliphatic heterocycles. The highest BCUT2D eigenvalue weighted by atomic mass is 35.5. The van der Waals surface area contributed by atoms with E-state index in [0.717, 1.165) is 16.9 Å². The third-order valence-electron chi connectivity index (χ3n) is 4.10. The summed E-state index contributed by atoms with van der Waals surface area (Å²) in [5, 5.41) is 6.23. The second kappa shape index (κ2) is 8.76. The highest BCUT2D eigenvalue weighted by Crippen LogP contribution is 2.29. The van der Waals surface area contributed by atoms with E-state index in [1.54, 1.807) is 36.4 Å². The van der Waals surface area contributed by atoms with Gasteiger partial charge >= 0.3 is 0 Å². The van der Waals surface area contributed by atoms with Gasteiger partial charge in [-0.3, -0.25) is 9.59 Å². The molecule has 2 amide bonds. The average molecular weight is 397 g/mol. The highest BCUT2D eigenvalue weighted by Gasteiger charge is 2.10. The summed E-state index contributed by atoms with van der Waals surface area (Å²) in [6, 6.07) is 12.4. The molecule has 0 bridgehead atoms. The van der Waals surface area contributed by atoms with Gasteiger partial charge < -0.3 is 15.4 Å². The molecule has 0 unspecified atom stereocenters. The van der Waals surface area contributed by atoms with E-state index in [-0.39, 0.29) is 17.7 Å². The van der Waals surface area contributed by atoms with Gasteiger partial charge in [0, 0.05) is 34.0 Å². The van der Waals surface area contributed by atoms with Gasteiger partial charge in [0.05, 0.1) is 0 Å². The Kier molecular flexibility index (Phi) is 6.16. The number of fused-ring (bicyclic) bond motifs is 1. The van der Waals surface area contributed by atoms with Crippen LogP contribution in [0, 0.1) is 5.92 Å². The van der Waals surface area contributed by atoms with E-state index in [1.165, 1.54) is 6.08 Å². The summed E-state index contributed by atoms with van der Waals surface area (Å²) in [4.78, 5) is 23.8. The van der Waals surface area contributed by atoms with Crippen molar-refractivity contribution < 1.29 is 14.3 Å². The van der Waals surface area contributed by atoms with E-state index < -0.39 is 0 Å². The molecule has 0 aliphatic carbocycles. The van der Waals surface area contributed by atoms with Crippen LogP contribution in [0.15, 0.2) is 60.2 Å². The monoisotopic (exact) mass is 396 g/mol. The van der Waals surface area contributed by atoms with Gasteiger partial charge in [-0.1, -0.05) is 31.5 Å². The summed E-state index contributed by atoms with van der Waals surface area (Å²) in [6.45, 7) is 4.05. The number of rotatable bonds is 5. The number of nitrogens with one attached hydrogen (secondary N) is 2. The largest absolute Gasteiger partial charge is 0.488 e. The van der Waals surface area contributed by atoms with Crippen LogP contribution in [-0.4, -0.2) is 18.4 Å². The highest BCUT2D eigenvalue weighted by molar-refractivity contribution is 6.30. The quantitative estimate of drug-likeness (QED) is 0.706. The number of benzene rings is 2. The minimum absolute atomic E-state index is 0.0504. The van der Waals surface area contributed by atoms with Gasteiger partial charge in [-0.15, -0.1) is 0 Å². The van der Waals surface area contributed by atoms with Gasteiger partial charge in [-0.2, -0.15) is 0 Å². The van der Waals surface area contributed by atoms with Gasteiger partial charge in [0.15, 0.2) is 0 Å². The fourth-order valence-electron chi connectivity index (χ4n) is 2.55. The predicted octanol–water partition coefficient (Wildman–Crippen LogP) is 4.91. The molecular formula is C22H21ClN2O3. The molecule has 0 radical (unpaired) electrons. The van der Waals surface area contributed by atoms with Gasteiger partial charge in [0.2, 0.25) is 11.8 Å². The smallest absolute Gasteiger partial charge is 0.248 e. The zero-order valence-electron chi connectivity index (χ0n) is 15.7. The van der Waals surface area contributed by atoms with Crippen molar-refractivity contribution in [2.24, 2.45) is 5.92 Å². The summed E-state index contributed by atoms with van der Waals surface area (Å²) >= 11 is 6.01. The van der Waals surface area contributed by atoms with Gasteiger partial charge in [0.25, 0.3) is 0 Å². The fraction of sp³-hybridized carbons (Fsp3) is 0.182. The molecule has 1 heterocycles. The zero-order valence-corrected chi connectivity index (χ0v) is 16.4. The van der Waals surface area contributed by atoms with E-state index >= 15 is 0 Å². The Morgan fingerprint density at radius 1 is 1.07 bits per heavy atom. The lowest BCUT2D eigenvalue weighted by Crippen LogP contribution is -2.17. The molecule has 28 heavy (non-hydrogen) atoms. The molecule has 0 saturated carbocycles. The molecule has 144 valence electrons.